The summed E-state index contributed by atoms with van der Waals surface area (Å²) in [6.45, 7) is 4.59. The number of benzene rings is 6. The van der Waals surface area contributed by atoms with Gasteiger partial charge in [-0.05, 0) is 83.7 Å². The highest BCUT2D eigenvalue weighted by atomic mass is 15.2. The first-order valence-corrected chi connectivity index (χ1v) is 15.0. The van der Waals surface area contributed by atoms with E-state index < -0.39 is 0 Å². The van der Waals surface area contributed by atoms with E-state index in [1.165, 1.54) is 66.5 Å². The zero-order valence-electron chi connectivity index (χ0n) is 24.1. The van der Waals surface area contributed by atoms with E-state index in [9.17, 15) is 0 Å². The first-order valence-electron chi connectivity index (χ1n) is 15.0. The van der Waals surface area contributed by atoms with Crippen LogP contribution in [0.1, 0.15) is 11.3 Å². The second-order valence-corrected chi connectivity index (χ2v) is 11.6. The van der Waals surface area contributed by atoms with Crippen LogP contribution in [0.15, 0.2) is 133 Å². The van der Waals surface area contributed by atoms with Crippen LogP contribution in [0, 0.1) is 13.8 Å². The Labute approximate surface area is 251 Å². The Kier molecular flexibility index (Phi) is 5.12. The third-order valence-electron chi connectivity index (χ3n) is 9.29. The monoisotopic (exact) mass is 549 g/mol. The number of aromatic nitrogens is 1. The largest absolute Gasteiger partial charge is 0.311 e. The lowest BCUT2D eigenvalue weighted by molar-refractivity contribution is 1.23. The minimum atomic E-state index is 0.0892. The standard InChI is InChI=1S/C39H28BN3/c1-25-35-29-19-9-12-22-32(29)41-26(2)36(35)39-37-38(25)42(27-15-5-3-6-16-27)33-23-13-10-20-30(33)40(37)31-21-11-14-24-34(31)43(39)28-17-7-4-8-18-28/h3-24H,1-2H3. The smallest absolute Gasteiger partial charge is 0.252 e. The van der Waals surface area contributed by atoms with E-state index in [4.69, 9.17) is 4.98 Å². The molecule has 0 N–H and O–H groups in total. The van der Waals surface area contributed by atoms with Gasteiger partial charge in [-0.1, -0.05) is 91.0 Å². The third-order valence-corrected chi connectivity index (χ3v) is 9.29. The van der Waals surface area contributed by atoms with E-state index in [1.807, 2.05) is 0 Å². The number of anilines is 6. The van der Waals surface area contributed by atoms with E-state index in [-0.39, 0.29) is 6.71 Å². The second kappa shape index (κ2) is 9.08. The van der Waals surface area contributed by atoms with Gasteiger partial charge in [0.15, 0.2) is 0 Å². The van der Waals surface area contributed by atoms with Crippen molar-refractivity contribution in [3.63, 3.8) is 0 Å². The number of hydrogen-bond acceptors (Lipinski definition) is 3. The van der Waals surface area contributed by atoms with Gasteiger partial charge in [-0.15, -0.1) is 0 Å². The fraction of sp³-hybridized carbons (Fsp3) is 0.0513. The van der Waals surface area contributed by atoms with Gasteiger partial charge < -0.3 is 9.80 Å². The predicted molar refractivity (Wildman–Crippen MR) is 183 cm³/mol. The van der Waals surface area contributed by atoms with Gasteiger partial charge in [-0.25, -0.2) is 0 Å². The number of para-hydroxylation sites is 5. The molecule has 0 saturated carbocycles. The Bertz CT molecular complexity index is 2220. The van der Waals surface area contributed by atoms with Gasteiger partial charge in [0.25, 0.3) is 6.71 Å². The van der Waals surface area contributed by atoms with E-state index >= 15 is 0 Å². The maximum atomic E-state index is 5.22. The van der Waals surface area contributed by atoms with Crippen LogP contribution in [0.2, 0.25) is 0 Å². The Morgan fingerprint density at radius 2 is 1.02 bits per heavy atom. The normalized spacial score (nSPS) is 13.2. The molecular weight excluding hydrogens is 521 g/mol. The number of fused-ring (bicyclic) bond motifs is 8. The maximum absolute atomic E-state index is 5.22. The molecule has 6 aromatic carbocycles. The van der Waals surface area contributed by atoms with Crippen molar-refractivity contribution in [3.05, 3.63) is 145 Å². The summed E-state index contributed by atoms with van der Waals surface area (Å²) in [5.41, 5.74) is 14.6. The average Bonchev–Trinajstić information content (AvgIpc) is 3.06. The van der Waals surface area contributed by atoms with Crippen LogP contribution in [0.25, 0.3) is 21.7 Å². The molecule has 2 aliphatic heterocycles. The molecular formula is C39H28BN3. The molecule has 43 heavy (non-hydrogen) atoms. The quantitative estimate of drug-likeness (QED) is 0.161. The van der Waals surface area contributed by atoms with E-state index in [0.29, 0.717) is 0 Å². The van der Waals surface area contributed by atoms with Crippen molar-refractivity contribution in [1.29, 1.82) is 0 Å². The van der Waals surface area contributed by atoms with E-state index in [1.54, 1.807) is 0 Å². The van der Waals surface area contributed by atoms with Gasteiger partial charge in [0.05, 0.1) is 11.2 Å². The lowest BCUT2D eigenvalue weighted by Gasteiger charge is -2.45. The van der Waals surface area contributed by atoms with E-state index in [2.05, 4.69) is 157 Å². The van der Waals surface area contributed by atoms with Gasteiger partial charge in [0.2, 0.25) is 0 Å². The molecule has 0 aliphatic carbocycles. The van der Waals surface area contributed by atoms with Gasteiger partial charge in [0, 0.05) is 44.9 Å². The molecule has 0 radical (unpaired) electrons. The summed E-state index contributed by atoms with van der Waals surface area (Å²) in [4.78, 5) is 10.2. The second-order valence-electron chi connectivity index (χ2n) is 11.6. The minimum absolute atomic E-state index is 0.0892. The molecule has 0 spiro atoms. The molecule has 0 unspecified atom stereocenters. The molecule has 0 saturated heterocycles. The zero-order chi connectivity index (χ0) is 28.7. The van der Waals surface area contributed by atoms with Crippen LogP contribution in [0.5, 0.6) is 0 Å². The first-order chi connectivity index (χ1) is 21.2. The van der Waals surface area contributed by atoms with Crippen molar-refractivity contribution < 1.29 is 0 Å². The highest BCUT2D eigenvalue weighted by molar-refractivity contribution is 7.00. The number of hydrogen-bond donors (Lipinski definition) is 0. The van der Waals surface area contributed by atoms with Crippen molar-refractivity contribution in [2.24, 2.45) is 0 Å². The third kappa shape index (κ3) is 3.29. The molecule has 0 fully saturated rings. The fourth-order valence-electron chi connectivity index (χ4n) is 7.66. The first kappa shape index (κ1) is 24.3. The predicted octanol–water partition coefficient (Wildman–Crippen LogP) is 8.09. The van der Waals surface area contributed by atoms with Crippen LogP contribution in [0.3, 0.4) is 0 Å². The Hall–Kier alpha value is -5.35. The summed E-state index contributed by atoms with van der Waals surface area (Å²) in [5, 5.41) is 3.69. The molecule has 4 heteroatoms. The number of rotatable bonds is 2. The Morgan fingerprint density at radius 1 is 0.512 bits per heavy atom. The van der Waals surface area contributed by atoms with Gasteiger partial charge in [-0.3, -0.25) is 4.98 Å². The lowest BCUT2D eigenvalue weighted by atomic mass is 9.33. The molecule has 7 aromatic rings. The fourth-order valence-corrected chi connectivity index (χ4v) is 7.66. The van der Waals surface area contributed by atoms with Crippen molar-refractivity contribution in [2.45, 2.75) is 13.8 Å². The number of nitrogens with zero attached hydrogens (tertiary/aromatic N) is 3. The molecule has 1 aromatic heterocycles. The summed E-state index contributed by atoms with van der Waals surface area (Å²) < 4.78 is 0. The van der Waals surface area contributed by atoms with Crippen LogP contribution in [0.4, 0.5) is 34.1 Å². The number of aryl methyl sites for hydroxylation is 2. The van der Waals surface area contributed by atoms with Crippen LogP contribution in [-0.2, 0) is 0 Å². The van der Waals surface area contributed by atoms with Crippen LogP contribution in [-0.4, -0.2) is 11.7 Å². The molecule has 3 heterocycles. The number of pyridine rings is 1. The summed E-state index contributed by atoms with van der Waals surface area (Å²) in [6.07, 6.45) is 0. The van der Waals surface area contributed by atoms with Crippen molar-refractivity contribution in [3.8, 4) is 0 Å². The topological polar surface area (TPSA) is 19.4 Å². The van der Waals surface area contributed by atoms with Gasteiger partial charge in [0.1, 0.15) is 0 Å². The summed E-state index contributed by atoms with van der Waals surface area (Å²) >= 11 is 0. The van der Waals surface area contributed by atoms with E-state index in [0.717, 1.165) is 16.9 Å². The van der Waals surface area contributed by atoms with Crippen LogP contribution >= 0.6 is 0 Å². The lowest BCUT2D eigenvalue weighted by Crippen LogP contribution is -2.61. The SMILES string of the molecule is Cc1nc2ccccc2c2c(C)c3c4c(c12)N(c1ccccc1)c1ccccc1B4c1ccccc1N3c1ccccc1. The molecule has 202 valence electrons. The van der Waals surface area contributed by atoms with Crippen LogP contribution < -0.4 is 26.2 Å². The minimum Gasteiger partial charge on any atom is -0.311 e. The maximum Gasteiger partial charge on any atom is 0.252 e. The summed E-state index contributed by atoms with van der Waals surface area (Å²) in [5.74, 6) is 0. The van der Waals surface area contributed by atoms with Crippen molar-refractivity contribution in [2.75, 3.05) is 9.80 Å². The summed E-state index contributed by atoms with van der Waals surface area (Å²) in [7, 11) is 0. The Morgan fingerprint density at radius 3 is 1.65 bits per heavy atom. The molecule has 0 amide bonds. The zero-order valence-corrected chi connectivity index (χ0v) is 24.1. The molecule has 0 atom stereocenters. The van der Waals surface area contributed by atoms with Crippen molar-refractivity contribution in [1.82, 2.24) is 4.98 Å². The molecule has 0 bridgehead atoms. The highest BCUT2D eigenvalue weighted by Gasteiger charge is 2.45. The van der Waals surface area contributed by atoms with Crippen molar-refractivity contribution >= 4 is 78.9 Å². The van der Waals surface area contributed by atoms with Gasteiger partial charge >= 0.3 is 0 Å². The summed E-state index contributed by atoms with van der Waals surface area (Å²) in [6, 6.07) is 48.2. The molecule has 3 nitrogen and oxygen atoms in total. The van der Waals surface area contributed by atoms with Gasteiger partial charge in [-0.2, -0.15) is 0 Å². The molecule has 9 rings (SSSR count). The molecule has 2 aliphatic rings. The Balaban J connectivity index is 1.56. The average molecular weight is 549 g/mol. The highest BCUT2D eigenvalue weighted by Crippen LogP contribution is 2.50.